The molecule has 0 fully saturated rings. The number of hydrogen-bond acceptors (Lipinski definition) is 2. The highest BCUT2D eigenvalue weighted by atomic mass is 35.5. The van der Waals surface area contributed by atoms with Crippen molar-refractivity contribution < 1.29 is 14.3 Å². The third-order valence-corrected chi connectivity index (χ3v) is 4.38. The molecule has 2 amide bonds. The molecule has 0 bridgehead atoms. The summed E-state index contributed by atoms with van der Waals surface area (Å²) in [5, 5.41) is 12.7. The molecular weight excluding hydrogens is 366 g/mol. The molecule has 2 rings (SSSR count). The van der Waals surface area contributed by atoms with Crippen LogP contribution in [0.5, 0.6) is 0 Å². The quantitative estimate of drug-likeness (QED) is 0.747. The number of aryl methyl sites for hydroxylation is 1. The fourth-order valence-electron chi connectivity index (χ4n) is 2.30. The molecule has 2 aromatic carbocycles. The van der Waals surface area contributed by atoms with Gasteiger partial charge in [-0.25, -0.2) is 9.18 Å². The Kier molecular flexibility index (Phi) is 7.05. The van der Waals surface area contributed by atoms with Crippen molar-refractivity contribution >= 4 is 34.9 Å². The van der Waals surface area contributed by atoms with Gasteiger partial charge < -0.3 is 15.3 Å². The number of carbonyl (C=O) groups is 1. The van der Waals surface area contributed by atoms with Gasteiger partial charge in [0.2, 0.25) is 0 Å². The highest BCUT2D eigenvalue weighted by Crippen LogP contribution is 2.23. The first-order chi connectivity index (χ1) is 11.9. The van der Waals surface area contributed by atoms with Crippen molar-refractivity contribution in [3.8, 4) is 0 Å². The minimum atomic E-state index is -0.342. The number of hydrogen-bond donors (Lipinski definition) is 2. The van der Waals surface area contributed by atoms with Crippen molar-refractivity contribution in [2.75, 3.05) is 18.5 Å². The van der Waals surface area contributed by atoms with Crippen molar-refractivity contribution in [1.82, 2.24) is 4.90 Å². The fourth-order valence-corrected chi connectivity index (χ4v) is 2.62. The van der Waals surface area contributed by atoms with Gasteiger partial charge in [0.15, 0.2) is 0 Å². The summed E-state index contributed by atoms with van der Waals surface area (Å²) in [4.78, 5) is 14.1. The van der Waals surface area contributed by atoms with E-state index in [-0.39, 0.29) is 18.5 Å². The Hall–Kier alpha value is -1.82. The first-order valence-electron chi connectivity index (χ1n) is 7.77. The average molecular weight is 385 g/mol. The van der Waals surface area contributed by atoms with Crippen LogP contribution in [-0.4, -0.2) is 29.2 Å². The fraction of sp³-hybridized carbons (Fsp3) is 0.278. The molecule has 0 saturated heterocycles. The lowest BCUT2D eigenvalue weighted by Gasteiger charge is -2.23. The van der Waals surface area contributed by atoms with E-state index in [1.165, 1.54) is 12.1 Å². The predicted octanol–water partition coefficient (Wildman–Crippen LogP) is 4.86. The highest BCUT2D eigenvalue weighted by Gasteiger charge is 2.15. The third-order valence-electron chi connectivity index (χ3n) is 3.64. The van der Waals surface area contributed by atoms with Crippen LogP contribution in [0.15, 0.2) is 36.4 Å². The molecule has 0 atom stereocenters. The maximum atomic E-state index is 13.3. The standard InChI is InChI=1S/C18H19Cl2FN2O2/c1-12-9-14(4-6-17(12)21)22-18(25)23(7-2-8-24)11-13-3-5-15(19)16(20)10-13/h3-6,9-10,24H,2,7-8,11H2,1H3,(H,22,25). The zero-order chi connectivity index (χ0) is 18.4. The smallest absolute Gasteiger partial charge is 0.322 e. The van der Waals surface area contributed by atoms with Gasteiger partial charge in [0, 0.05) is 25.4 Å². The lowest BCUT2D eigenvalue weighted by atomic mass is 10.2. The molecule has 0 saturated carbocycles. The zero-order valence-corrected chi connectivity index (χ0v) is 15.2. The van der Waals surface area contributed by atoms with E-state index in [4.69, 9.17) is 28.3 Å². The second-order valence-corrected chi connectivity index (χ2v) is 6.46. The number of nitrogens with one attached hydrogen (secondary N) is 1. The summed E-state index contributed by atoms with van der Waals surface area (Å²) >= 11 is 11.9. The Morgan fingerprint density at radius 3 is 2.60 bits per heavy atom. The van der Waals surface area contributed by atoms with Gasteiger partial charge in [0.25, 0.3) is 0 Å². The molecule has 134 valence electrons. The van der Waals surface area contributed by atoms with Gasteiger partial charge in [0.1, 0.15) is 5.82 Å². The molecule has 7 heteroatoms. The number of halogens is 3. The first kappa shape index (κ1) is 19.5. The Balaban J connectivity index is 2.12. The number of urea groups is 1. The summed E-state index contributed by atoms with van der Waals surface area (Å²) in [6.07, 6.45) is 0.442. The normalized spacial score (nSPS) is 10.6. The number of anilines is 1. The van der Waals surface area contributed by atoms with Crippen LogP contribution in [0, 0.1) is 12.7 Å². The van der Waals surface area contributed by atoms with Gasteiger partial charge in [-0.2, -0.15) is 0 Å². The van der Waals surface area contributed by atoms with Crippen molar-refractivity contribution in [1.29, 1.82) is 0 Å². The number of amides is 2. The molecule has 0 aromatic heterocycles. The van der Waals surface area contributed by atoms with Crippen molar-refractivity contribution in [3.05, 3.63) is 63.4 Å². The Morgan fingerprint density at radius 2 is 1.96 bits per heavy atom. The molecule has 0 unspecified atom stereocenters. The molecule has 0 aliphatic carbocycles. The lowest BCUT2D eigenvalue weighted by Crippen LogP contribution is -2.35. The van der Waals surface area contributed by atoms with Crippen molar-refractivity contribution in [2.45, 2.75) is 19.9 Å². The average Bonchev–Trinajstić information content (AvgIpc) is 2.58. The predicted molar refractivity (Wildman–Crippen MR) is 98.7 cm³/mol. The zero-order valence-electron chi connectivity index (χ0n) is 13.7. The van der Waals surface area contributed by atoms with E-state index in [1.54, 1.807) is 36.1 Å². The van der Waals surface area contributed by atoms with Crippen LogP contribution in [0.3, 0.4) is 0 Å². The number of aliphatic hydroxyl groups is 1. The van der Waals surface area contributed by atoms with Gasteiger partial charge in [-0.1, -0.05) is 29.3 Å². The van der Waals surface area contributed by atoms with E-state index in [9.17, 15) is 9.18 Å². The summed E-state index contributed by atoms with van der Waals surface area (Å²) in [6, 6.07) is 9.19. The second-order valence-electron chi connectivity index (χ2n) is 5.64. The molecule has 2 N–H and O–H groups in total. The lowest BCUT2D eigenvalue weighted by molar-refractivity contribution is 0.199. The van der Waals surface area contributed by atoms with Crippen molar-refractivity contribution in [3.63, 3.8) is 0 Å². The van der Waals surface area contributed by atoms with Gasteiger partial charge in [0.05, 0.1) is 10.0 Å². The summed E-state index contributed by atoms with van der Waals surface area (Å²) in [5.74, 6) is -0.328. The van der Waals surface area contributed by atoms with Crippen LogP contribution >= 0.6 is 23.2 Å². The van der Waals surface area contributed by atoms with E-state index in [1.807, 2.05) is 0 Å². The van der Waals surface area contributed by atoms with Gasteiger partial charge >= 0.3 is 6.03 Å². The van der Waals surface area contributed by atoms with Crippen molar-refractivity contribution in [2.24, 2.45) is 0 Å². The van der Waals surface area contributed by atoms with Crippen LogP contribution < -0.4 is 5.32 Å². The number of rotatable bonds is 6. The van der Waals surface area contributed by atoms with Gasteiger partial charge in [-0.3, -0.25) is 0 Å². The van der Waals surface area contributed by atoms with Crippen LogP contribution in [-0.2, 0) is 6.54 Å². The Bertz CT molecular complexity index is 756. The second kappa shape index (κ2) is 9.04. The number of aliphatic hydroxyl groups excluding tert-OH is 1. The molecule has 0 heterocycles. The van der Waals surface area contributed by atoms with Crippen LogP contribution in [0.25, 0.3) is 0 Å². The van der Waals surface area contributed by atoms with E-state index in [0.29, 0.717) is 40.8 Å². The van der Waals surface area contributed by atoms with Crippen LogP contribution in [0.4, 0.5) is 14.9 Å². The van der Waals surface area contributed by atoms with Crippen LogP contribution in [0.2, 0.25) is 10.0 Å². The molecule has 0 spiro atoms. The molecule has 2 aromatic rings. The maximum Gasteiger partial charge on any atom is 0.322 e. The van der Waals surface area contributed by atoms with E-state index >= 15 is 0 Å². The number of nitrogens with zero attached hydrogens (tertiary/aromatic N) is 1. The Morgan fingerprint density at radius 1 is 1.20 bits per heavy atom. The molecule has 0 aliphatic rings. The molecule has 25 heavy (non-hydrogen) atoms. The minimum Gasteiger partial charge on any atom is -0.396 e. The Labute approximate surface area is 156 Å². The summed E-state index contributed by atoms with van der Waals surface area (Å²) in [5.41, 5.74) is 1.77. The number of carbonyl (C=O) groups excluding carboxylic acids is 1. The molecule has 4 nitrogen and oxygen atoms in total. The topological polar surface area (TPSA) is 52.6 Å². The minimum absolute atomic E-state index is 0.0270. The summed E-state index contributed by atoms with van der Waals surface area (Å²) in [6.45, 7) is 2.27. The van der Waals surface area contributed by atoms with Gasteiger partial charge in [-0.15, -0.1) is 0 Å². The molecular formula is C18H19Cl2FN2O2. The largest absolute Gasteiger partial charge is 0.396 e. The summed E-state index contributed by atoms with van der Waals surface area (Å²) in [7, 11) is 0. The maximum absolute atomic E-state index is 13.3. The van der Waals surface area contributed by atoms with E-state index in [2.05, 4.69) is 5.32 Å². The summed E-state index contributed by atoms with van der Waals surface area (Å²) < 4.78 is 13.3. The van der Waals surface area contributed by atoms with E-state index < -0.39 is 0 Å². The highest BCUT2D eigenvalue weighted by molar-refractivity contribution is 6.42. The third kappa shape index (κ3) is 5.59. The molecule has 0 aliphatic heterocycles. The SMILES string of the molecule is Cc1cc(NC(=O)N(CCCO)Cc2ccc(Cl)c(Cl)c2)ccc1F. The van der Waals surface area contributed by atoms with E-state index in [0.717, 1.165) is 5.56 Å². The monoisotopic (exact) mass is 384 g/mol. The van der Waals surface area contributed by atoms with Crippen LogP contribution in [0.1, 0.15) is 17.5 Å². The van der Waals surface area contributed by atoms with Gasteiger partial charge in [-0.05, 0) is 54.8 Å². The number of benzene rings is 2. The molecule has 0 radical (unpaired) electrons. The first-order valence-corrected chi connectivity index (χ1v) is 8.53.